The van der Waals surface area contributed by atoms with Crippen LogP contribution in [0, 0.1) is 5.92 Å². The van der Waals surface area contributed by atoms with Crippen LogP contribution in [0.4, 0.5) is 0 Å². The maximum atomic E-state index is 12.3. The van der Waals surface area contributed by atoms with E-state index in [1.54, 1.807) is 23.4 Å². The summed E-state index contributed by atoms with van der Waals surface area (Å²) in [7, 11) is 0. The minimum Gasteiger partial charge on any atom is -0.396 e. The zero-order valence-corrected chi connectivity index (χ0v) is 9.78. The molecule has 5 nitrogen and oxygen atoms in total. The lowest BCUT2D eigenvalue weighted by molar-refractivity contribution is 0.0363. The van der Waals surface area contributed by atoms with Gasteiger partial charge in [0.15, 0.2) is 0 Å². The van der Waals surface area contributed by atoms with E-state index in [4.69, 9.17) is 5.11 Å². The van der Waals surface area contributed by atoms with Crippen molar-refractivity contribution in [3.05, 3.63) is 36.2 Å². The molecule has 2 aromatic rings. The number of fused-ring (bicyclic) bond motifs is 1. The van der Waals surface area contributed by atoms with Gasteiger partial charge in [0.25, 0.3) is 5.91 Å². The van der Waals surface area contributed by atoms with Crippen LogP contribution in [0.15, 0.2) is 30.6 Å². The molecule has 0 radical (unpaired) electrons. The average Bonchev–Trinajstić information content (AvgIpc) is 2.36. The summed E-state index contributed by atoms with van der Waals surface area (Å²) in [5.41, 5.74) is 1.94. The van der Waals surface area contributed by atoms with E-state index in [-0.39, 0.29) is 18.4 Å². The minimum atomic E-state index is -0.0363. The summed E-state index contributed by atoms with van der Waals surface area (Å²) in [4.78, 5) is 22.4. The molecule has 0 spiro atoms. The first-order chi connectivity index (χ1) is 8.79. The number of likely N-dealkylation sites (tertiary alicyclic amines) is 1. The van der Waals surface area contributed by atoms with E-state index in [9.17, 15) is 4.79 Å². The molecular weight excluding hydrogens is 230 g/mol. The molecule has 1 aliphatic rings. The smallest absolute Gasteiger partial charge is 0.256 e. The predicted molar refractivity (Wildman–Crippen MR) is 66.0 cm³/mol. The summed E-state index contributed by atoms with van der Waals surface area (Å²) < 4.78 is 0. The van der Waals surface area contributed by atoms with Crippen molar-refractivity contribution < 1.29 is 9.90 Å². The number of benzene rings is 1. The Morgan fingerprint density at radius 3 is 2.89 bits per heavy atom. The summed E-state index contributed by atoms with van der Waals surface area (Å²) in [5.74, 6) is 0.181. The van der Waals surface area contributed by atoms with Crippen molar-refractivity contribution in [1.29, 1.82) is 0 Å². The molecule has 1 amide bonds. The van der Waals surface area contributed by atoms with Crippen molar-refractivity contribution in [2.24, 2.45) is 5.92 Å². The van der Waals surface area contributed by atoms with Gasteiger partial charge >= 0.3 is 0 Å². The third-order valence-corrected chi connectivity index (χ3v) is 3.23. The minimum absolute atomic E-state index is 0.0363. The SMILES string of the molecule is O=C(c1cccc2nccnc12)N1CC(CO)C1. The van der Waals surface area contributed by atoms with Crippen molar-refractivity contribution in [2.75, 3.05) is 19.7 Å². The second kappa shape index (κ2) is 4.34. The van der Waals surface area contributed by atoms with Crippen molar-refractivity contribution >= 4 is 16.9 Å². The average molecular weight is 243 g/mol. The zero-order valence-electron chi connectivity index (χ0n) is 9.78. The summed E-state index contributed by atoms with van der Waals surface area (Å²) >= 11 is 0. The first kappa shape index (κ1) is 11.1. The monoisotopic (exact) mass is 243 g/mol. The van der Waals surface area contributed by atoms with Gasteiger partial charge < -0.3 is 10.0 Å². The van der Waals surface area contributed by atoms with Crippen LogP contribution in [0.5, 0.6) is 0 Å². The number of hydrogen-bond acceptors (Lipinski definition) is 4. The van der Waals surface area contributed by atoms with E-state index in [1.807, 2.05) is 12.1 Å². The number of aliphatic hydroxyl groups excluding tert-OH is 1. The number of rotatable bonds is 2. The highest BCUT2D eigenvalue weighted by Crippen LogP contribution is 2.21. The normalized spacial score (nSPS) is 15.7. The molecule has 0 aliphatic carbocycles. The van der Waals surface area contributed by atoms with Gasteiger partial charge in [-0.05, 0) is 12.1 Å². The van der Waals surface area contributed by atoms with Gasteiger partial charge in [0, 0.05) is 38.0 Å². The molecule has 2 heterocycles. The molecule has 1 saturated heterocycles. The lowest BCUT2D eigenvalue weighted by Gasteiger charge is -2.38. The Hall–Kier alpha value is -2.01. The van der Waals surface area contributed by atoms with Crippen LogP contribution in [0.2, 0.25) is 0 Å². The molecule has 92 valence electrons. The van der Waals surface area contributed by atoms with E-state index in [0.29, 0.717) is 24.2 Å². The Labute approximate surface area is 104 Å². The Kier molecular flexibility index (Phi) is 2.68. The van der Waals surface area contributed by atoms with Crippen LogP contribution in [0.1, 0.15) is 10.4 Å². The first-order valence-electron chi connectivity index (χ1n) is 5.89. The van der Waals surface area contributed by atoms with Crippen molar-refractivity contribution in [3.63, 3.8) is 0 Å². The standard InChI is InChI=1S/C13H13N3O2/c17-8-9-6-16(7-9)13(18)10-2-1-3-11-12(10)15-5-4-14-11/h1-5,9,17H,6-8H2. The highest BCUT2D eigenvalue weighted by atomic mass is 16.3. The van der Waals surface area contributed by atoms with E-state index in [2.05, 4.69) is 9.97 Å². The van der Waals surface area contributed by atoms with Crippen LogP contribution >= 0.6 is 0 Å². The van der Waals surface area contributed by atoms with Gasteiger partial charge in [-0.25, -0.2) is 0 Å². The number of aliphatic hydroxyl groups is 1. The van der Waals surface area contributed by atoms with E-state index in [1.165, 1.54) is 0 Å². The van der Waals surface area contributed by atoms with Gasteiger partial charge in [-0.3, -0.25) is 14.8 Å². The molecule has 1 aliphatic heterocycles. The summed E-state index contributed by atoms with van der Waals surface area (Å²) in [6.07, 6.45) is 3.20. The largest absolute Gasteiger partial charge is 0.396 e. The molecule has 0 saturated carbocycles. The second-order valence-corrected chi connectivity index (χ2v) is 4.49. The van der Waals surface area contributed by atoms with Gasteiger partial charge in [0.2, 0.25) is 0 Å². The fourth-order valence-electron chi connectivity index (χ4n) is 2.19. The summed E-state index contributed by atoms with van der Waals surface area (Å²) in [6.45, 7) is 1.37. The van der Waals surface area contributed by atoms with Crippen LogP contribution in [-0.4, -0.2) is 45.6 Å². The van der Waals surface area contributed by atoms with Crippen LogP contribution in [0.25, 0.3) is 11.0 Å². The van der Waals surface area contributed by atoms with Crippen molar-refractivity contribution in [3.8, 4) is 0 Å². The summed E-state index contributed by atoms with van der Waals surface area (Å²) in [5, 5.41) is 8.97. The first-order valence-corrected chi connectivity index (χ1v) is 5.89. The Bertz CT molecular complexity index is 588. The molecule has 0 atom stereocenters. The highest BCUT2D eigenvalue weighted by molar-refractivity contribution is 6.04. The topological polar surface area (TPSA) is 66.3 Å². The van der Waals surface area contributed by atoms with Crippen molar-refractivity contribution in [1.82, 2.24) is 14.9 Å². The molecule has 18 heavy (non-hydrogen) atoms. The van der Waals surface area contributed by atoms with Gasteiger partial charge in [-0.15, -0.1) is 0 Å². The fraction of sp³-hybridized carbons (Fsp3) is 0.308. The molecule has 1 aromatic carbocycles. The predicted octanol–water partition coefficient (Wildman–Crippen LogP) is 0.694. The van der Waals surface area contributed by atoms with Gasteiger partial charge in [0.05, 0.1) is 11.1 Å². The fourth-order valence-corrected chi connectivity index (χ4v) is 2.19. The Morgan fingerprint density at radius 2 is 2.11 bits per heavy atom. The third kappa shape index (κ3) is 1.73. The molecule has 0 unspecified atom stereocenters. The van der Waals surface area contributed by atoms with Crippen LogP contribution in [0.3, 0.4) is 0 Å². The number of hydrogen-bond donors (Lipinski definition) is 1. The summed E-state index contributed by atoms with van der Waals surface area (Å²) in [6, 6.07) is 5.42. The second-order valence-electron chi connectivity index (χ2n) is 4.49. The Morgan fingerprint density at radius 1 is 1.33 bits per heavy atom. The van der Waals surface area contributed by atoms with Crippen LogP contribution in [-0.2, 0) is 0 Å². The lowest BCUT2D eigenvalue weighted by Crippen LogP contribution is -2.51. The van der Waals surface area contributed by atoms with Gasteiger partial charge in [0.1, 0.15) is 5.52 Å². The molecule has 1 fully saturated rings. The maximum absolute atomic E-state index is 12.3. The molecular formula is C13H13N3O2. The quantitative estimate of drug-likeness (QED) is 0.843. The highest BCUT2D eigenvalue weighted by Gasteiger charge is 2.31. The number of carbonyl (C=O) groups excluding carboxylic acids is 1. The van der Waals surface area contributed by atoms with Gasteiger partial charge in [-0.1, -0.05) is 6.07 Å². The number of carbonyl (C=O) groups is 1. The van der Waals surface area contributed by atoms with Gasteiger partial charge in [-0.2, -0.15) is 0 Å². The number of amides is 1. The lowest BCUT2D eigenvalue weighted by atomic mass is 9.99. The number of para-hydroxylation sites is 1. The third-order valence-electron chi connectivity index (χ3n) is 3.23. The van der Waals surface area contributed by atoms with E-state index in [0.717, 1.165) is 5.52 Å². The number of aromatic nitrogens is 2. The molecule has 1 aromatic heterocycles. The van der Waals surface area contributed by atoms with E-state index >= 15 is 0 Å². The molecule has 5 heteroatoms. The zero-order chi connectivity index (χ0) is 12.5. The molecule has 1 N–H and O–H groups in total. The maximum Gasteiger partial charge on any atom is 0.256 e. The molecule has 0 bridgehead atoms. The number of nitrogens with zero attached hydrogens (tertiary/aromatic N) is 3. The van der Waals surface area contributed by atoms with Crippen molar-refractivity contribution in [2.45, 2.75) is 0 Å². The molecule has 3 rings (SSSR count). The van der Waals surface area contributed by atoms with E-state index < -0.39 is 0 Å². The Balaban J connectivity index is 1.93. The van der Waals surface area contributed by atoms with Crippen LogP contribution < -0.4 is 0 Å².